The van der Waals surface area contributed by atoms with Crippen LogP contribution in [0.4, 0.5) is 5.69 Å². The monoisotopic (exact) mass is 408 g/mol. The van der Waals surface area contributed by atoms with Gasteiger partial charge in [-0.25, -0.2) is 0 Å². The first kappa shape index (κ1) is 19.6. The number of benzene rings is 2. The zero-order valence-corrected chi connectivity index (χ0v) is 16.4. The van der Waals surface area contributed by atoms with Gasteiger partial charge in [0, 0.05) is 42.3 Å². The van der Waals surface area contributed by atoms with E-state index in [1.807, 2.05) is 24.3 Å². The van der Waals surface area contributed by atoms with Crippen molar-refractivity contribution in [3.63, 3.8) is 0 Å². The third kappa shape index (κ3) is 4.00. The van der Waals surface area contributed by atoms with Gasteiger partial charge in [0.25, 0.3) is 11.6 Å². The van der Waals surface area contributed by atoms with E-state index in [1.54, 1.807) is 12.0 Å². The minimum absolute atomic E-state index is 0.0330. The van der Waals surface area contributed by atoms with Gasteiger partial charge in [-0.05, 0) is 49.2 Å². The Hall–Kier alpha value is -3.75. The zero-order chi connectivity index (χ0) is 21.1. The molecular formula is C21H20N4O5. The van der Waals surface area contributed by atoms with Crippen molar-refractivity contribution in [1.82, 2.24) is 15.0 Å². The molecule has 1 saturated heterocycles. The van der Waals surface area contributed by atoms with Crippen molar-refractivity contribution in [3.8, 4) is 17.1 Å². The van der Waals surface area contributed by atoms with E-state index in [-0.39, 0.29) is 17.5 Å². The smallest absolute Gasteiger partial charge is 0.269 e. The molecule has 0 spiro atoms. The lowest BCUT2D eigenvalue weighted by molar-refractivity contribution is -0.384. The van der Waals surface area contributed by atoms with E-state index in [4.69, 9.17) is 9.26 Å². The lowest BCUT2D eigenvalue weighted by Crippen LogP contribution is -2.38. The molecule has 2 heterocycles. The molecule has 0 radical (unpaired) electrons. The molecule has 2 aromatic carbocycles. The number of ether oxygens (including phenoxy) is 1. The number of nitro groups is 1. The minimum atomic E-state index is -0.482. The SMILES string of the molecule is COc1ccc(-c2noc(C3CCN(C(=O)c4ccc([N+](=O)[O-])cc4)CC3)n2)cc1. The third-order valence-electron chi connectivity index (χ3n) is 5.25. The summed E-state index contributed by atoms with van der Waals surface area (Å²) in [4.78, 5) is 29.2. The van der Waals surface area contributed by atoms with E-state index in [9.17, 15) is 14.9 Å². The first-order valence-corrected chi connectivity index (χ1v) is 9.57. The van der Waals surface area contributed by atoms with E-state index in [0.717, 1.165) is 11.3 Å². The van der Waals surface area contributed by atoms with E-state index in [0.29, 0.717) is 43.2 Å². The Morgan fingerprint density at radius 1 is 1.13 bits per heavy atom. The highest BCUT2D eigenvalue weighted by atomic mass is 16.6. The predicted octanol–water partition coefficient (Wildman–Crippen LogP) is 3.67. The second-order valence-corrected chi connectivity index (χ2v) is 7.06. The molecule has 1 aromatic heterocycles. The van der Waals surface area contributed by atoms with Crippen LogP contribution in [0.5, 0.6) is 5.75 Å². The third-order valence-corrected chi connectivity index (χ3v) is 5.25. The van der Waals surface area contributed by atoms with Gasteiger partial charge in [-0.1, -0.05) is 5.16 Å². The highest BCUT2D eigenvalue weighted by Crippen LogP contribution is 2.29. The van der Waals surface area contributed by atoms with Gasteiger partial charge in [0.15, 0.2) is 0 Å². The van der Waals surface area contributed by atoms with E-state index >= 15 is 0 Å². The van der Waals surface area contributed by atoms with Crippen LogP contribution in [-0.2, 0) is 0 Å². The molecule has 9 heteroatoms. The van der Waals surface area contributed by atoms with Crippen LogP contribution in [0, 0.1) is 10.1 Å². The topological polar surface area (TPSA) is 112 Å². The van der Waals surface area contributed by atoms with Crippen molar-refractivity contribution >= 4 is 11.6 Å². The second-order valence-electron chi connectivity index (χ2n) is 7.06. The van der Waals surface area contributed by atoms with Crippen LogP contribution < -0.4 is 4.74 Å². The van der Waals surface area contributed by atoms with Gasteiger partial charge in [0.1, 0.15) is 5.75 Å². The Balaban J connectivity index is 1.38. The molecule has 0 N–H and O–H groups in total. The summed E-state index contributed by atoms with van der Waals surface area (Å²) < 4.78 is 10.6. The summed E-state index contributed by atoms with van der Waals surface area (Å²) in [6, 6.07) is 13.1. The lowest BCUT2D eigenvalue weighted by atomic mass is 9.96. The van der Waals surface area contributed by atoms with Crippen LogP contribution in [0.25, 0.3) is 11.4 Å². The van der Waals surface area contributed by atoms with Crippen molar-refractivity contribution in [1.29, 1.82) is 0 Å². The number of rotatable bonds is 5. The number of aromatic nitrogens is 2. The molecule has 0 saturated carbocycles. The molecule has 9 nitrogen and oxygen atoms in total. The molecule has 154 valence electrons. The molecule has 1 amide bonds. The van der Waals surface area contributed by atoms with Gasteiger partial charge in [-0.2, -0.15) is 4.98 Å². The summed E-state index contributed by atoms with van der Waals surface area (Å²) in [5, 5.41) is 14.8. The van der Waals surface area contributed by atoms with Crippen molar-refractivity contribution in [3.05, 3.63) is 70.1 Å². The van der Waals surface area contributed by atoms with Gasteiger partial charge in [-0.3, -0.25) is 14.9 Å². The number of methoxy groups -OCH3 is 1. The number of piperidine rings is 1. The predicted molar refractivity (Wildman–Crippen MR) is 107 cm³/mol. The fourth-order valence-corrected chi connectivity index (χ4v) is 3.50. The van der Waals surface area contributed by atoms with Crippen molar-refractivity contribution in [2.75, 3.05) is 20.2 Å². The fourth-order valence-electron chi connectivity index (χ4n) is 3.50. The average molecular weight is 408 g/mol. The van der Waals surface area contributed by atoms with Crippen LogP contribution in [-0.4, -0.2) is 46.1 Å². The number of hydrogen-bond acceptors (Lipinski definition) is 7. The number of non-ortho nitro benzene ring substituents is 1. The molecule has 0 bridgehead atoms. The molecule has 4 rings (SSSR count). The van der Waals surface area contributed by atoms with Gasteiger partial charge in [0.05, 0.1) is 12.0 Å². The Bertz CT molecular complexity index is 1040. The largest absolute Gasteiger partial charge is 0.497 e. The molecule has 0 unspecified atom stereocenters. The molecule has 0 atom stereocenters. The van der Waals surface area contributed by atoms with E-state index < -0.39 is 4.92 Å². The maximum atomic E-state index is 12.7. The Labute approximate surface area is 172 Å². The highest BCUT2D eigenvalue weighted by Gasteiger charge is 2.28. The molecule has 3 aromatic rings. The van der Waals surface area contributed by atoms with Gasteiger partial charge < -0.3 is 14.2 Å². The summed E-state index contributed by atoms with van der Waals surface area (Å²) in [6.45, 7) is 1.11. The first-order valence-electron chi connectivity index (χ1n) is 9.57. The number of nitro benzene ring substituents is 1. The van der Waals surface area contributed by atoms with Crippen molar-refractivity contribution < 1.29 is 19.0 Å². The van der Waals surface area contributed by atoms with Crippen LogP contribution in [0.3, 0.4) is 0 Å². The highest BCUT2D eigenvalue weighted by molar-refractivity contribution is 5.94. The standard InChI is InChI=1S/C21H20N4O5/c1-29-18-8-4-14(5-9-18)19-22-20(30-23-19)15-10-12-24(13-11-15)21(26)16-2-6-17(7-3-16)25(27)28/h2-9,15H,10-13H2,1H3. The van der Waals surface area contributed by atoms with Crippen LogP contribution in [0.15, 0.2) is 53.1 Å². The van der Waals surface area contributed by atoms with Gasteiger partial charge in [0.2, 0.25) is 11.7 Å². The quantitative estimate of drug-likeness (QED) is 0.468. The number of nitrogens with zero attached hydrogens (tertiary/aromatic N) is 4. The zero-order valence-electron chi connectivity index (χ0n) is 16.4. The number of likely N-dealkylation sites (tertiary alicyclic amines) is 1. The molecule has 1 aliphatic rings. The van der Waals surface area contributed by atoms with Crippen molar-refractivity contribution in [2.24, 2.45) is 0 Å². The van der Waals surface area contributed by atoms with Crippen LogP contribution >= 0.6 is 0 Å². The maximum Gasteiger partial charge on any atom is 0.269 e. The molecule has 1 fully saturated rings. The Kier molecular flexibility index (Phi) is 5.42. The summed E-state index contributed by atoms with van der Waals surface area (Å²) >= 11 is 0. The molecular weight excluding hydrogens is 388 g/mol. The van der Waals surface area contributed by atoms with Crippen LogP contribution in [0.2, 0.25) is 0 Å². The fraction of sp³-hybridized carbons (Fsp3) is 0.286. The number of carbonyl (C=O) groups excluding carboxylic acids is 1. The first-order chi connectivity index (χ1) is 14.5. The van der Waals surface area contributed by atoms with Crippen LogP contribution in [0.1, 0.15) is 35.0 Å². The summed E-state index contributed by atoms with van der Waals surface area (Å²) in [7, 11) is 1.61. The maximum absolute atomic E-state index is 12.7. The summed E-state index contributed by atoms with van der Waals surface area (Å²) in [6.07, 6.45) is 1.42. The molecule has 0 aliphatic carbocycles. The molecule has 30 heavy (non-hydrogen) atoms. The summed E-state index contributed by atoms with van der Waals surface area (Å²) in [5.74, 6) is 1.81. The molecule has 1 aliphatic heterocycles. The summed E-state index contributed by atoms with van der Waals surface area (Å²) in [5.41, 5.74) is 1.25. The van der Waals surface area contributed by atoms with E-state index in [2.05, 4.69) is 10.1 Å². The number of hydrogen-bond donors (Lipinski definition) is 0. The number of amides is 1. The van der Waals surface area contributed by atoms with Gasteiger partial charge >= 0.3 is 0 Å². The van der Waals surface area contributed by atoms with Crippen molar-refractivity contribution in [2.45, 2.75) is 18.8 Å². The normalized spacial score (nSPS) is 14.5. The second kappa shape index (κ2) is 8.32. The average Bonchev–Trinajstić information content (AvgIpc) is 3.29. The number of carbonyl (C=O) groups is 1. The minimum Gasteiger partial charge on any atom is -0.497 e. The van der Waals surface area contributed by atoms with E-state index in [1.165, 1.54) is 24.3 Å². The lowest BCUT2D eigenvalue weighted by Gasteiger charge is -2.30. The van der Waals surface area contributed by atoms with Gasteiger partial charge in [-0.15, -0.1) is 0 Å². The Morgan fingerprint density at radius 3 is 2.40 bits per heavy atom. The Morgan fingerprint density at radius 2 is 1.80 bits per heavy atom.